The highest BCUT2D eigenvalue weighted by atomic mass is 79.9. The summed E-state index contributed by atoms with van der Waals surface area (Å²) in [7, 11) is 0. The maximum Gasteiger partial charge on any atom is 0.416 e. The van der Waals surface area contributed by atoms with Crippen molar-refractivity contribution >= 4 is 27.0 Å². The van der Waals surface area contributed by atoms with Gasteiger partial charge in [-0.25, -0.2) is 9.97 Å². The number of nitrogens with one attached hydrogen (secondary N) is 1. The van der Waals surface area contributed by atoms with E-state index >= 15 is 0 Å². The van der Waals surface area contributed by atoms with Crippen molar-refractivity contribution in [3.8, 4) is 0 Å². The van der Waals surface area contributed by atoms with E-state index in [1.807, 2.05) is 0 Å². The number of H-pyrrole nitrogens is 1. The lowest BCUT2D eigenvalue weighted by atomic mass is 9.92. The van der Waals surface area contributed by atoms with Crippen molar-refractivity contribution in [2.75, 3.05) is 0 Å². The second kappa shape index (κ2) is 8.62. The molecule has 9 heteroatoms. The number of nitrogens with two attached hydrogens (primary N) is 1. The monoisotopic (exact) mass is 468 g/mol. The van der Waals surface area contributed by atoms with Crippen molar-refractivity contribution in [3.63, 3.8) is 0 Å². The van der Waals surface area contributed by atoms with Gasteiger partial charge in [0, 0.05) is 23.1 Å². The molecule has 1 aromatic carbocycles. The Bertz CT molecular complexity index is 1080. The topological polar surface area (TPSA) is 84.7 Å². The highest BCUT2D eigenvalue weighted by Crippen LogP contribution is 2.35. The van der Waals surface area contributed by atoms with E-state index < -0.39 is 17.8 Å². The predicted octanol–water partition coefficient (Wildman–Crippen LogP) is 4.68. The van der Waals surface area contributed by atoms with Crippen LogP contribution >= 0.6 is 15.9 Å². The van der Waals surface area contributed by atoms with Gasteiger partial charge in [0.25, 0.3) is 5.56 Å². The van der Waals surface area contributed by atoms with Gasteiger partial charge in [-0.1, -0.05) is 12.1 Å². The van der Waals surface area contributed by atoms with Crippen LogP contribution in [0.25, 0.3) is 11.0 Å². The molecule has 5 nitrogen and oxygen atoms in total. The molecular formula is C20H20BrF3N4O. The summed E-state index contributed by atoms with van der Waals surface area (Å²) in [5.41, 5.74) is 6.03. The predicted molar refractivity (Wildman–Crippen MR) is 109 cm³/mol. The molecule has 3 rings (SSSR count). The molecule has 2 heterocycles. The van der Waals surface area contributed by atoms with Gasteiger partial charge < -0.3 is 10.7 Å². The van der Waals surface area contributed by atoms with Gasteiger partial charge in [-0.05, 0) is 65.4 Å². The Labute approximate surface area is 173 Å². The second-order valence-electron chi connectivity index (χ2n) is 6.90. The number of rotatable bonds is 6. The molecule has 0 saturated carbocycles. The van der Waals surface area contributed by atoms with Crippen molar-refractivity contribution in [1.82, 2.24) is 15.0 Å². The molecule has 0 fully saturated rings. The number of pyridine rings is 1. The smallest absolute Gasteiger partial charge is 0.324 e. The highest BCUT2D eigenvalue weighted by Gasteiger charge is 2.34. The highest BCUT2D eigenvalue weighted by molar-refractivity contribution is 9.10. The molecule has 1 atom stereocenters. The van der Waals surface area contributed by atoms with Crippen LogP contribution in [-0.4, -0.2) is 15.0 Å². The second-order valence-corrected chi connectivity index (χ2v) is 7.82. The van der Waals surface area contributed by atoms with Crippen LogP contribution in [0.3, 0.4) is 0 Å². The number of aromatic amines is 1. The molecule has 0 spiro atoms. The van der Waals surface area contributed by atoms with Crippen molar-refractivity contribution in [2.45, 2.75) is 44.8 Å². The fraction of sp³-hybridized carbons (Fsp3) is 0.350. The number of benzene rings is 1. The minimum atomic E-state index is -4.43. The maximum atomic E-state index is 13.4. The van der Waals surface area contributed by atoms with Crippen LogP contribution in [-0.2, 0) is 19.0 Å². The Morgan fingerprint density at radius 1 is 1.24 bits per heavy atom. The molecule has 3 aromatic rings. The first-order chi connectivity index (χ1) is 13.7. The fourth-order valence-corrected chi connectivity index (χ4v) is 3.66. The minimum absolute atomic E-state index is 0.237. The summed E-state index contributed by atoms with van der Waals surface area (Å²) in [4.78, 5) is 23.4. The Balaban J connectivity index is 1.73. The van der Waals surface area contributed by atoms with Crippen LogP contribution in [0.5, 0.6) is 0 Å². The number of halogens is 4. The summed E-state index contributed by atoms with van der Waals surface area (Å²) in [6, 6.07) is 5.27. The van der Waals surface area contributed by atoms with Gasteiger partial charge in [0.05, 0.1) is 10.9 Å². The molecule has 0 amide bonds. The number of alkyl halides is 3. The quantitative estimate of drug-likeness (QED) is 0.514. The van der Waals surface area contributed by atoms with E-state index in [-0.39, 0.29) is 17.5 Å². The third-order valence-electron chi connectivity index (χ3n) is 4.68. The Morgan fingerprint density at radius 3 is 2.66 bits per heavy atom. The van der Waals surface area contributed by atoms with Crippen LogP contribution in [0, 0.1) is 0 Å². The molecule has 0 radical (unpaired) electrons. The average Bonchev–Trinajstić information content (AvgIpc) is 2.65. The van der Waals surface area contributed by atoms with Crippen LogP contribution < -0.4 is 11.3 Å². The standard InChI is InChI=1S/C20H20BrF3N4O/c1-11(25)13-6-4-7-16(20(22,23)24)14(13)5-2-3-8-17-27-18-15(19(29)28-17)9-12(21)10-26-18/h4,6-7,9-11H,2-3,5,8,25H2,1H3,(H,26,27,28,29)/t11-/m1/s1. The van der Waals surface area contributed by atoms with E-state index in [2.05, 4.69) is 30.9 Å². The van der Waals surface area contributed by atoms with Gasteiger partial charge in [-0.15, -0.1) is 0 Å². The van der Waals surface area contributed by atoms with Crippen LogP contribution in [0.4, 0.5) is 13.2 Å². The number of hydrogen-bond acceptors (Lipinski definition) is 4. The van der Waals surface area contributed by atoms with E-state index in [1.54, 1.807) is 25.3 Å². The van der Waals surface area contributed by atoms with Crippen molar-refractivity contribution < 1.29 is 13.2 Å². The van der Waals surface area contributed by atoms with Crippen LogP contribution in [0.1, 0.15) is 48.3 Å². The summed E-state index contributed by atoms with van der Waals surface area (Å²) in [6.45, 7) is 1.67. The van der Waals surface area contributed by atoms with Gasteiger partial charge in [0.2, 0.25) is 0 Å². The number of aromatic nitrogens is 3. The first kappa shape index (κ1) is 21.4. The normalized spacial score (nSPS) is 13.0. The lowest BCUT2D eigenvalue weighted by molar-refractivity contribution is -0.138. The van der Waals surface area contributed by atoms with Crippen molar-refractivity contribution in [3.05, 3.63) is 67.8 Å². The molecular weight excluding hydrogens is 449 g/mol. The molecule has 0 unspecified atom stereocenters. The van der Waals surface area contributed by atoms with Gasteiger partial charge in [0.1, 0.15) is 5.82 Å². The largest absolute Gasteiger partial charge is 0.416 e. The van der Waals surface area contributed by atoms with Gasteiger partial charge in [-0.3, -0.25) is 4.79 Å². The zero-order valence-electron chi connectivity index (χ0n) is 15.7. The number of fused-ring (bicyclic) bond motifs is 1. The van der Waals surface area contributed by atoms with E-state index in [0.29, 0.717) is 46.2 Å². The summed E-state index contributed by atoms with van der Waals surface area (Å²) >= 11 is 3.26. The van der Waals surface area contributed by atoms with Crippen LogP contribution in [0.15, 0.2) is 39.7 Å². The summed E-state index contributed by atoms with van der Waals surface area (Å²) in [5.74, 6) is 0.467. The molecule has 0 saturated heterocycles. The Hall–Kier alpha value is -2.26. The third kappa shape index (κ3) is 5.02. The van der Waals surface area contributed by atoms with E-state index in [4.69, 9.17) is 5.73 Å². The number of unbranched alkanes of at least 4 members (excludes halogenated alkanes) is 1. The van der Waals surface area contributed by atoms with Gasteiger partial charge in [0.15, 0.2) is 5.65 Å². The minimum Gasteiger partial charge on any atom is -0.324 e. The molecule has 0 aliphatic rings. The molecule has 154 valence electrons. The van der Waals surface area contributed by atoms with Crippen LogP contribution in [0.2, 0.25) is 0 Å². The molecule has 0 aliphatic heterocycles. The zero-order chi connectivity index (χ0) is 21.2. The summed E-state index contributed by atoms with van der Waals surface area (Å²) in [5, 5.41) is 0.379. The fourth-order valence-electron chi connectivity index (χ4n) is 3.33. The lowest BCUT2D eigenvalue weighted by Gasteiger charge is -2.19. The first-order valence-corrected chi connectivity index (χ1v) is 9.95. The molecule has 0 aliphatic carbocycles. The first-order valence-electron chi connectivity index (χ1n) is 9.16. The van der Waals surface area contributed by atoms with E-state index in [0.717, 1.165) is 6.07 Å². The number of nitrogens with zero attached hydrogens (tertiary/aromatic N) is 2. The van der Waals surface area contributed by atoms with E-state index in [9.17, 15) is 18.0 Å². The van der Waals surface area contributed by atoms with Crippen molar-refractivity contribution in [2.24, 2.45) is 5.73 Å². The molecule has 2 aromatic heterocycles. The zero-order valence-corrected chi connectivity index (χ0v) is 17.3. The maximum absolute atomic E-state index is 13.4. The summed E-state index contributed by atoms with van der Waals surface area (Å²) in [6.07, 6.45) is -1.12. The number of aryl methyl sites for hydroxylation is 1. The van der Waals surface area contributed by atoms with Gasteiger partial charge in [-0.2, -0.15) is 13.2 Å². The third-order valence-corrected chi connectivity index (χ3v) is 5.11. The average molecular weight is 469 g/mol. The molecule has 0 bridgehead atoms. The SMILES string of the molecule is C[C@@H](N)c1cccc(C(F)(F)F)c1CCCCc1nc2ncc(Br)cc2c(=O)[nH]1. The molecule has 29 heavy (non-hydrogen) atoms. The Morgan fingerprint density at radius 2 is 1.97 bits per heavy atom. The number of hydrogen-bond donors (Lipinski definition) is 2. The van der Waals surface area contributed by atoms with E-state index in [1.165, 1.54) is 6.07 Å². The van der Waals surface area contributed by atoms with Crippen molar-refractivity contribution in [1.29, 1.82) is 0 Å². The summed E-state index contributed by atoms with van der Waals surface area (Å²) < 4.78 is 40.8. The lowest BCUT2D eigenvalue weighted by Crippen LogP contribution is -2.16. The van der Waals surface area contributed by atoms with Gasteiger partial charge >= 0.3 is 6.18 Å². The molecule has 3 N–H and O–H groups in total. The Kier molecular flexibility index (Phi) is 6.38.